The normalized spacial score (nSPS) is 11.2. The average molecular weight is 296 g/mol. The van der Waals surface area contributed by atoms with Gasteiger partial charge in [0.25, 0.3) is 10.0 Å². The molecule has 0 spiro atoms. The Labute approximate surface area is 116 Å². The predicted molar refractivity (Wildman–Crippen MR) is 72.7 cm³/mol. The SMILES string of the molecule is COc1cccc(NS(=O)(=O)c2cc(F)ccc2C)n1. The van der Waals surface area contributed by atoms with Gasteiger partial charge in [-0.05, 0) is 30.7 Å². The van der Waals surface area contributed by atoms with Crippen molar-refractivity contribution in [2.45, 2.75) is 11.8 Å². The topological polar surface area (TPSA) is 68.3 Å². The highest BCUT2D eigenvalue weighted by molar-refractivity contribution is 7.92. The lowest BCUT2D eigenvalue weighted by Crippen LogP contribution is -2.15. The number of rotatable bonds is 4. The van der Waals surface area contributed by atoms with Crippen molar-refractivity contribution >= 4 is 15.8 Å². The fourth-order valence-electron chi connectivity index (χ4n) is 1.64. The Morgan fingerprint density at radius 1 is 1.25 bits per heavy atom. The molecule has 2 rings (SSSR count). The van der Waals surface area contributed by atoms with Crippen LogP contribution in [0.25, 0.3) is 0 Å². The fraction of sp³-hybridized carbons (Fsp3) is 0.154. The Morgan fingerprint density at radius 3 is 2.70 bits per heavy atom. The summed E-state index contributed by atoms with van der Waals surface area (Å²) in [6.07, 6.45) is 0. The first-order valence-corrected chi connectivity index (χ1v) is 7.21. The van der Waals surface area contributed by atoms with E-state index in [1.165, 1.54) is 25.3 Å². The van der Waals surface area contributed by atoms with Crippen LogP contribution in [0.15, 0.2) is 41.3 Å². The lowest BCUT2D eigenvalue weighted by Gasteiger charge is -2.10. The van der Waals surface area contributed by atoms with Crippen molar-refractivity contribution in [2.75, 3.05) is 11.8 Å². The number of benzene rings is 1. The van der Waals surface area contributed by atoms with Gasteiger partial charge in [-0.25, -0.2) is 12.8 Å². The third-order valence-electron chi connectivity index (χ3n) is 2.61. The number of anilines is 1. The molecule has 0 atom stereocenters. The quantitative estimate of drug-likeness (QED) is 0.940. The number of aryl methyl sites for hydroxylation is 1. The number of ether oxygens (including phenoxy) is 1. The van der Waals surface area contributed by atoms with Crippen molar-refractivity contribution in [3.05, 3.63) is 47.8 Å². The summed E-state index contributed by atoms with van der Waals surface area (Å²) in [7, 11) is -2.47. The second-order valence-corrected chi connectivity index (χ2v) is 5.73. The van der Waals surface area contributed by atoms with Gasteiger partial charge in [0.2, 0.25) is 5.88 Å². The van der Waals surface area contributed by atoms with Gasteiger partial charge in [-0.15, -0.1) is 0 Å². The van der Waals surface area contributed by atoms with Crippen LogP contribution in [0.2, 0.25) is 0 Å². The van der Waals surface area contributed by atoms with Crippen LogP contribution in [-0.2, 0) is 10.0 Å². The number of pyridine rings is 1. The highest BCUT2D eigenvalue weighted by Gasteiger charge is 2.18. The molecule has 106 valence electrons. The Kier molecular flexibility index (Phi) is 3.89. The van der Waals surface area contributed by atoms with Gasteiger partial charge < -0.3 is 4.74 Å². The number of sulfonamides is 1. The van der Waals surface area contributed by atoms with Gasteiger partial charge in [0.1, 0.15) is 11.6 Å². The Balaban J connectivity index is 2.38. The van der Waals surface area contributed by atoms with Crippen molar-refractivity contribution in [1.82, 2.24) is 4.98 Å². The van der Waals surface area contributed by atoms with Gasteiger partial charge >= 0.3 is 0 Å². The zero-order valence-corrected chi connectivity index (χ0v) is 11.7. The van der Waals surface area contributed by atoms with Crippen LogP contribution < -0.4 is 9.46 Å². The summed E-state index contributed by atoms with van der Waals surface area (Å²) in [6, 6.07) is 8.25. The average Bonchev–Trinajstić information content (AvgIpc) is 2.41. The second-order valence-electron chi connectivity index (χ2n) is 4.08. The third kappa shape index (κ3) is 3.05. The molecule has 1 N–H and O–H groups in total. The van der Waals surface area contributed by atoms with E-state index in [1.807, 2.05) is 0 Å². The molecule has 2 aromatic rings. The van der Waals surface area contributed by atoms with Crippen molar-refractivity contribution in [1.29, 1.82) is 0 Å². The molecular weight excluding hydrogens is 283 g/mol. The van der Waals surface area contributed by atoms with E-state index in [4.69, 9.17) is 4.74 Å². The number of nitrogens with one attached hydrogen (secondary N) is 1. The monoisotopic (exact) mass is 296 g/mol. The molecule has 0 aliphatic rings. The smallest absolute Gasteiger partial charge is 0.263 e. The zero-order valence-electron chi connectivity index (χ0n) is 10.9. The minimum absolute atomic E-state index is 0.105. The molecule has 20 heavy (non-hydrogen) atoms. The number of nitrogens with zero attached hydrogens (tertiary/aromatic N) is 1. The van der Waals surface area contributed by atoms with Crippen LogP contribution in [0.1, 0.15) is 5.56 Å². The van der Waals surface area contributed by atoms with Crippen LogP contribution in [0, 0.1) is 12.7 Å². The first-order valence-electron chi connectivity index (χ1n) is 5.72. The summed E-state index contributed by atoms with van der Waals surface area (Å²) in [6.45, 7) is 1.59. The maximum atomic E-state index is 13.2. The molecule has 0 saturated heterocycles. The molecule has 7 heteroatoms. The highest BCUT2D eigenvalue weighted by Crippen LogP contribution is 2.20. The van der Waals surface area contributed by atoms with Crippen molar-refractivity contribution in [3.8, 4) is 5.88 Å². The van der Waals surface area contributed by atoms with Crippen LogP contribution in [0.5, 0.6) is 5.88 Å². The standard InChI is InChI=1S/C13H13FN2O3S/c1-9-6-7-10(14)8-11(9)20(17,18)16-12-4-3-5-13(15-12)19-2/h3-8H,1-2H3,(H,15,16). The van der Waals surface area contributed by atoms with Crippen molar-refractivity contribution in [3.63, 3.8) is 0 Å². The molecule has 0 unspecified atom stereocenters. The Hall–Kier alpha value is -2.15. The molecule has 0 bridgehead atoms. The van der Waals surface area contributed by atoms with Crippen LogP contribution in [-0.4, -0.2) is 20.5 Å². The summed E-state index contributed by atoms with van der Waals surface area (Å²) in [5.74, 6) is -0.233. The lowest BCUT2D eigenvalue weighted by molar-refractivity contribution is 0.398. The van der Waals surface area contributed by atoms with Gasteiger partial charge in [-0.2, -0.15) is 4.98 Å². The zero-order chi connectivity index (χ0) is 14.8. The van der Waals surface area contributed by atoms with Crippen molar-refractivity contribution < 1.29 is 17.5 Å². The van der Waals surface area contributed by atoms with E-state index in [0.29, 0.717) is 5.56 Å². The number of aromatic nitrogens is 1. The molecule has 0 saturated carbocycles. The number of hydrogen-bond acceptors (Lipinski definition) is 4. The van der Waals surface area contributed by atoms with E-state index in [-0.39, 0.29) is 16.6 Å². The van der Waals surface area contributed by atoms with Crippen LogP contribution >= 0.6 is 0 Å². The fourth-order valence-corrected chi connectivity index (χ4v) is 2.90. The van der Waals surface area contributed by atoms with Crippen LogP contribution in [0.3, 0.4) is 0 Å². The predicted octanol–water partition coefficient (Wildman–Crippen LogP) is 2.34. The second kappa shape index (κ2) is 5.46. The summed E-state index contributed by atoms with van der Waals surface area (Å²) in [4.78, 5) is 3.82. The first-order chi connectivity index (χ1) is 9.42. The van der Waals surface area contributed by atoms with Gasteiger partial charge in [0, 0.05) is 6.07 Å². The van der Waals surface area contributed by atoms with E-state index in [1.54, 1.807) is 19.1 Å². The van der Waals surface area contributed by atoms with E-state index in [9.17, 15) is 12.8 Å². The molecule has 0 aliphatic heterocycles. The van der Waals surface area contributed by atoms with Gasteiger partial charge in [-0.1, -0.05) is 12.1 Å². The largest absolute Gasteiger partial charge is 0.481 e. The molecule has 5 nitrogen and oxygen atoms in total. The van der Waals surface area contributed by atoms with E-state index in [2.05, 4.69) is 9.71 Å². The number of hydrogen-bond donors (Lipinski definition) is 1. The molecular formula is C13H13FN2O3S. The molecule has 1 aromatic carbocycles. The van der Waals surface area contributed by atoms with E-state index < -0.39 is 15.8 Å². The maximum Gasteiger partial charge on any atom is 0.263 e. The molecule has 0 aliphatic carbocycles. The molecule has 0 fully saturated rings. The first kappa shape index (κ1) is 14.3. The summed E-state index contributed by atoms with van der Waals surface area (Å²) < 4.78 is 44.8. The minimum atomic E-state index is -3.90. The van der Waals surface area contributed by atoms with Crippen molar-refractivity contribution in [2.24, 2.45) is 0 Å². The third-order valence-corrected chi connectivity index (χ3v) is 4.11. The lowest BCUT2D eigenvalue weighted by atomic mass is 10.2. The Bertz CT molecular complexity index is 732. The van der Waals surface area contributed by atoms with Crippen LogP contribution in [0.4, 0.5) is 10.2 Å². The highest BCUT2D eigenvalue weighted by atomic mass is 32.2. The van der Waals surface area contributed by atoms with E-state index >= 15 is 0 Å². The number of methoxy groups -OCH3 is 1. The van der Waals surface area contributed by atoms with Gasteiger partial charge in [0.15, 0.2) is 0 Å². The van der Waals surface area contributed by atoms with E-state index in [0.717, 1.165) is 6.07 Å². The minimum Gasteiger partial charge on any atom is -0.481 e. The summed E-state index contributed by atoms with van der Waals surface area (Å²) in [5, 5.41) is 0. The molecule has 1 aromatic heterocycles. The number of halogens is 1. The molecule has 0 amide bonds. The van der Waals surface area contributed by atoms with Gasteiger partial charge in [-0.3, -0.25) is 4.72 Å². The Morgan fingerprint density at radius 2 is 2.00 bits per heavy atom. The summed E-state index contributed by atoms with van der Waals surface area (Å²) >= 11 is 0. The molecule has 1 heterocycles. The summed E-state index contributed by atoms with van der Waals surface area (Å²) in [5.41, 5.74) is 0.446. The maximum absolute atomic E-state index is 13.2. The molecule has 0 radical (unpaired) electrons. The van der Waals surface area contributed by atoms with Gasteiger partial charge in [0.05, 0.1) is 12.0 Å².